The Bertz CT molecular complexity index is 1490. The van der Waals surface area contributed by atoms with E-state index in [1.807, 2.05) is 0 Å². The summed E-state index contributed by atoms with van der Waals surface area (Å²) in [7, 11) is 0. The Hall–Kier alpha value is -3.55. The summed E-state index contributed by atoms with van der Waals surface area (Å²) in [5.74, 6) is -2.19. The molecule has 16 nitrogen and oxygen atoms in total. The van der Waals surface area contributed by atoms with Gasteiger partial charge in [0.25, 0.3) is 0 Å². The maximum absolute atomic E-state index is 13.2. The van der Waals surface area contributed by atoms with Crippen LogP contribution in [0.1, 0.15) is 0 Å². The zero-order valence-corrected chi connectivity index (χ0v) is 22.1. The van der Waals surface area contributed by atoms with Crippen LogP contribution in [0.15, 0.2) is 45.6 Å². The standard InChI is InChI=1S/C27H30O16/c28-7-15-18(32)21(35)23(37)26(41-15)40-14-6-13-17(11(31)5-12(39-13)9-1-3-10(30)4-2-9)20(34)25(14)43-27-24(38)22(36)19(33)16(8-29)42-27/h1-6,15-16,18-19,21-24,26-30,32-38H,7-8H2/t15-,16+,18+,19+,21+,22+,23+,24+,26+,27-/m0/s1. The SMILES string of the molecule is O=c1cc(-c2ccc(O)cc2)oc2cc(O[C@@H]3O[C@@H](CO)[C@@H](O)[C@@H](O)[C@H]3O)c(O[C@@H]3O[C@H](CO)[C@@H](O)[C@@H](O)[C@H]3O)c(O)c12. The molecule has 2 aromatic carbocycles. The van der Waals surface area contributed by atoms with E-state index in [0.717, 1.165) is 12.1 Å². The topological polar surface area (TPSA) is 269 Å². The molecule has 0 bridgehead atoms. The van der Waals surface area contributed by atoms with E-state index < -0.39 is 103 Å². The molecule has 0 saturated carbocycles. The van der Waals surface area contributed by atoms with E-state index in [4.69, 9.17) is 23.4 Å². The number of aromatic hydroxyl groups is 2. The van der Waals surface area contributed by atoms with Crippen LogP contribution in [0.25, 0.3) is 22.3 Å². The highest BCUT2D eigenvalue weighted by molar-refractivity contribution is 5.89. The Kier molecular flexibility index (Phi) is 8.77. The van der Waals surface area contributed by atoms with Crippen LogP contribution >= 0.6 is 0 Å². The van der Waals surface area contributed by atoms with E-state index in [2.05, 4.69) is 0 Å². The third-order valence-corrected chi connectivity index (χ3v) is 7.24. The Morgan fingerprint density at radius 2 is 1.23 bits per heavy atom. The van der Waals surface area contributed by atoms with Crippen molar-refractivity contribution in [1.82, 2.24) is 0 Å². The molecule has 0 radical (unpaired) electrons. The zero-order valence-electron chi connectivity index (χ0n) is 22.1. The van der Waals surface area contributed by atoms with Crippen LogP contribution < -0.4 is 14.9 Å². The molecule has 16 heteroatoms. The first-order valence-electron chi connectivity index (χ1n) is 13.0. The van der Waals surface area contributed by atoms with E-state index in [0.29, 0.717) is 5.56 Å². The maximum Gasteiger partial charge on any atom is 0.229 e. The van der Waals surface area contributed by atoms with Gasteiger partial charge in [0.05, 0.1) is 13.2 Å². The molecule has 2 aliphatic rings. The van der Waals surface area contributed by atoms with Crippen LogP contribution in [-0.4, -0.2) is 126 Å². The first-order chi connectivity index (χ1) is 20.4. The molecule has 3 heterocycles. The predicted molar refractivity (Wildman–Crippen MR) is 140 cm³/mol. The number of aliphatic hydroxyl groups excluding tert-OH is 8. The van der Waals surface area contributed by atoms with Gasteiger partial charge in [0, 0.05) is 17.7 Å². The predicted octanol–water partition coefficient (Wildman–Crippen LogP) is -2.77. The molecule has 0 aliphatic carbocycles. The molecule has 2 aliphatic heterocycles. The number of aliphatic hydroxyl groups is 8. The number of ether oxygens (including phenoxy) is 4. The van der Waals surface area contributed by atoms with Crippen LogP contribution in [0.3, 0.4) is 0 Å². The number of rotatable bonds is 7. The molecule has 3 aromatic rings. The van der Waals surface area contributed by atoms with Crippen molar-refractivity contribution < 1.29 is 74.4 Å². The lowest BCUT2D eigenvalue weighted by atomic mass is 9.99. The van der Waals surface area contributed by atoms with Crippen molar-refractivity contribution in [3.63, 3.8) is 0 Å². The molecule has 43 heavy (non-hydrogen) atoms. The van der Waals surface area contributed by atoms with Crippen molar-refractivity contribution in [2.24, 2.45) is 0 Å². The average Bonchev–Trinajstić information content (AvgIpc) is 2.99. The van der Waals surface area contributed by atoms with E-state index in [1.165, 1.54) is 24.3 Å². The van der Waals surface area contributed by atoms with Gasteiger partial charge in [-0.1, -0.05) is 0 Å². The molecule has 1 aromatic heterocycles. The zero-order chi connectivity index (χ0) is 31.2. The summed E-state index contributed by atoms with van der Waals surface area (Å²) in [5, 5.41) is 101. The largest absolute Gasteiger partial charge is 0.508 e. The monoisotopic (exact) mass is 610 g/mol. The Balaban J connectivity index is 1.62. The molecule has 0 amide bonds. The fraction of sp³-hybridized carbons (Fsp3) is 0.444. The minimum Gasteiger partial charge on any atom is -0.508 e. The Morgan fingerprint density at radius 1 is 0.698 bits per heavy atom. The van der Waals surface area contributed by atoms with E-state index in [1.54, 1.807) is 0 Å². The van der Waals surface area contributed by atoms with Crippen molar-refractivity contribution in [2.45, 2.75) is 61.4 Å². The number of hydrogen-bond acceptors (Lipinski definition) is 16. The summed E-state index contributed by atoms with van der Waals surface area (Å²) in [5.41, 5.74) is -0.692. The third kappa shape index (κ3) is 5.73. The van der Waals surface area contributed by atoms with Crippen molar-refractivity contribution in [3.8, 4) is 34.3 Å². The van der Waals surface area contributed by atoms with Gasteiger partial charge >= 0.3 is 0 Å². The van der Waals surface area contributed by atoms with Crippen LogP contribution in [0.2, 0.25) is 0 Å². The summed E-state index contributed by atoms with van der Waals surface area (Å²) in [6, 6.07) is 7.71. The van der Waals surface area contributed by atoms with Crippen LogP contribution in [0.4, 0.5) is 0 Å². The summed E-state index contributed by atoms with van der Waals surface area (Å²) in [6.07, 6.45) is -17.5. The Morgan fingerprint density at radius 3 is 1.77 bits per heavy atom. The van der Waals surface area contributed by atoms with Crippen LogP contribution in [0.5, 0.6) is 23.0 Å². The van der Waals surface area contributed by atoms with Gasteiger partial charge in [-0.25, -0.2) is 0 Å². The second-order valence-corrected chi connectivity index (χ2v) is 10.1. The number of phenols is 2. The van der Waals surface area contributed by atoms with E-state index >= 15 is 0 Å². The molecule has 2 fully saturated rings. The lowest BCUT2D eigenvalue weighted by Crippen LogP contribution is -2.60. The fourth-order valence-electron chi connectivity index (χ4n) is 4.80. The highest BCUT2D eigenvalue weighted by Gasteiger charge is 2.47. The normalized spacial score (nSPS) is 32.9. The number of fused-ring (bicyclic) bond motifs is 1. The van der Waals surface area contributed by atoms with Gasteiger partial charge < -0.3 is 74.4 Å². The van der Waals surface area contributed by atoms with Gasteiger partial charge in [-0.2, -0.15) is 0 Å². The van der Waals surface area contributed by atoms with Crippen molar-refractivity contribution >= 4 is 11.0 Å². The molecule has 0 unspecified atom stereocenters. The lowest BCUT2D eigenvalue weighted by Gasteiger charge is -2.41. The van der Waals surface area contributed by atoms with Crippen molar-refractivity contribution in [2.75, 3.05) is 13.2 Å². The number of phenolic OH excluding ortho intramolecular Hbond substituents is 2. The van der Waals surface area contributed by atoms with Gasteiger partial charge in [0.1, 0.15) is 71.3 Å². The molecule has 234 valence electrons. The highest BCUT2D eigenvalue weighted by Crippen LogP contribution is 2.45. The van der Waals surface area contributed by atoms with Crippen LogP contribution in [0, 0.1) is 0 Å². The van der Waals surface area contributed by atoms with Gasteiger partial charge in [-0.15, -0.1) is 0 Å². The van der Waals surface area contributed by atoms with Gasteiger partial charge in [-0.05, 0) is 24.3 Å². The summed E-state index contributed by atoms with van der Waals surface area (Å²) in [4.78, 5) is 13.2. The van der Waals surface area contributed by atoms with E-state index in [-0.39, 0.29) is 17.1 Å². The Labute approximate surface area is 241 Å². The average molecular weight is 611 g/mol. The minimum absolute atomic E-state index is 0.0123. The number of benzene rings is 2. The van der Waals surface area contributed by atoms with Crippen molar-refractivity contribution in [3.05, 3.63) is 46.6 Å². The summed E-state index contributed by atoms with van der Waals surface area (Å²) < 4.78 is 27.8. The van der Waals surface area contributed by atoms with Gasteiger partial charge in [0.2, 0.25) is 18.3 Å². The van der Waals surface area contributed by atoms with Crippen molar-refractivity contribution in [1.29, 1.82) is 0 Å². The lowest BCUT2D eigenvalue weighted by molar-refractivity contribution is -0.282. The first-order valence-corrected chi connectivity index (χ1v) is 13.0. The minimum atomic E-state index is -1.94. The summed E-state index contributed by atoms with van der Waals surface area (Å²) >= 11 is 0. The molecular formula is C27H30O16. The molecule has 10 N–H and O–H groups in total. The maximum atomic E-state index is 13.2. The smallest absolute Gasteiger partial charge is 0.229 e. The van der Waals surface area contributed by atoms with Gasteiger partial charge in [0.15, 0.2) is 16.9 Å². The molecular weight excluding hydrogens is 580 g/mol. The first kappa shape index (κ1) is 30.9. The molecule has 10 atom stereocenters. The molecule has 2 saturated heterocycles. The third-order valence-electron chi connectivity index (χ3n) is 7.24. The van der Waals surface area contributed by atoms with E-state index in [9.17, 15) is 55.9 Å². The highest BCUT2D eigenvalue weighted by atomic mass is 16.7. The number of hydrogen-bond donors (Lipinski definition) is 10. The fourth-order valence-corrected chi connectivity index (χ4v) is 4.80. The molecule has 0 spiro atoms. The van der Waals surface area contributed by atoms with Crippen LogP contribution in [-0.2, 0) is 9.47 Å². The summed E-state index contributed by atoms with van der Waals surface area (Å²) in [6.45, 7) is -1.58. The second-order valence-electron chi connectivity index (χ2n) is 10.1. The second kappa shape index (κ2) is 12.2. The van der Waals surface area contributed by atoms with Gasteiger partial charge in [-0.3, -0.25) is 4.79 Å². The molecule has 5 rings (SSSR count). The quantitative estimate of drug-likeness (QED) is 0.130.